The molecule has 0 saturated heterocycles. The Bertz CT molecular complexity index is 464. The van der Waals surface area contributed by atoms with Crippen LogP contribution in [0.25, 0.3) is 0 Å². The van der Waals surface area contributed by atoms with Crippen molar-refractivity contribution in [1.29, 1.82) is 0 Å². The van der Waals surface area contributed by atoms with E-state index in [1.165, 1.54) is 5.56 Å². The molecule has 1 aromatic heterocycles. The van der Waals surface area contributed by atoms with E-state index in [0.29, 0.717) is 0 Å². The topological polar surface area (TPSA) is 38.0 Å². The van der Waals surface area contributed by atoms with Crippen LogP contribution in [0.15, 0.2) is 43.0 Å². The number of aliphatic hydroxyl groups is 1. The predicted molar refractivity (Wildman–Crippen MR) is 56.4 cm³/mol. The van der Waals surface area contributed by atoms with E-state index in [0.717, 1.165) is 12.0 Å². The van der Waals surface area contributed by atoms with E-state index in [9.17, 15) is 5.11 Å². The fourth-order valence-corrected chi connectivity index (χ4v) is 2.29. The Kier molecular flexibility index (Phi) is 1.86. The highest BCUT2D eigenvalue weighted by molar-refractivity contribution is 5.35. The minimum absolute atomic E-state index is 0.102. The summed E-state index contributed by atoms with van der Waals surface area (Å²) in [4.78, 5) is 4.02. The van der Waals surface area contributed by atoms with Crippen molar-refractivity contribution >= 4 is 0 Å². The summed E-state index contributed by atoms with van der Waals surface area (Å²) in [5.74, 6) is 0. The number of fused-ring (bicyclic) bond motifs is 1. The molecule has 3 heteroatoms. The summed E-state index contributed by atoms with van der Waals surface area (Å²) in [7, 11) is 0. The Labute approximate surface area is 88.0 Å². The first-order chi connectivity index (χ1) is 7.36. The van der Waals surface area contributed by atoms with Crippen LogP contribution in [0.2, 0.25) is 0 Å². The Balaban J connectivity index is 2.00. The van der Waals surface area contributed by atoms with Crippen molar-refractivity contribution in [3.8, 4) is 0 Å². The van der Waals surface area contributed by atoms with Crippen molar-refractivity contribution in [1.82, 2.24) is 9.55 Å². The van der Waals surface area contributed by atoms with Gasteiger partial charge in [-0.25, -0.2) is 4.98 Å². The summed E-state index contributed by atoms with van der Waals surface area (Å²) < 4.78 is 1.98. The number of aromatic nitrogens is 2. The summed E-state index contributed by atoms with van der Waals surface area (Å²) in [6, 6.07) is 8.16. The SMILES string of the molecule is OC1c2ccccc2C[C@@H]1n1ccnc1. The maximum atomic E-state index is 10.2. The van der Waals surface area contributed by atoms with Gasteiger partial charge in [-0.05, 0) is 17.5 Å². The maximum Gasteiger partial charge on any atom is 0.100 e. The van der Waals surface area contributed by atoms with Gasteiger partial charge in [-0.1, -0.05) is 24.3 Å². The molecule has 0 saturated carbocycles. The van der Waals surface area contributed by atoms with Crippen molar-refractivity contribution in [2.75, 3.05) is 0 Å². The van der Waals surface area contributed by atoms with Gasteiger partial charge in [0, 0.05) is 12.4 Å². The quantitative estimate of drug-likeness (QED) is 0.761. The van der Waals surface area contributed by atoms with E-state index in [-0.39, 0.29) is 6.04 Å². The highest BCUT2D eigenvalue weighted by atomic mass is 16.3. The first-order valence-electron chi connectivity index (χ1n) is 5.09. The second kappa shape index (κ2) is 3.21. The fourth-order valence-electron chi connectivity index (χ4n) is 2.29. The number of imidazole rings is 1. The second-order valence-corrected chi connectivity index (χ2v) is 3.93. The van der Waals surface area contributed by atoms with Crippen LogP contribution in [0, 0.1) is 0 Å². The number of hydrogen-bond donors (Lipinski definition) is 1. The zero-order valence-corrected chi connectivity index (χ0v) is 8.24. The smallest absolute Gasteiger partial charge is 0.100 e. The third-order valence-corrected chi connectivity index (χ3v) is 3.08. The normalized spacial score (nSPS) is 24.1. The Morgan fingerprint density at radius 2 is 2.20 bits per heavy atom. The molecule has 0 aliphatic heterocycles. The van der Waals surface area contributed by atoms with E-state index < -0.39 is 6.10 Å². The summed E-state index contributed by atoms with van der Waals surface area (Å²) in [6.45, 7) is 0. The van der Waals surface area contributed by atoms with Gasteiger partial charge in [0.2, 0.25) is 0 Å². The Morgan fingerprint density at radius 3 is 2.93 bits per heavy atom. The third kappa shape index (κ3) is 1.27. The number of rotatable bonds is 1. The van der Waals surface area contributed by atoms with E-state index in [2.05, 4.69) is 11.1 Å². The van der Waals surface area contributed by atoms with Crippen LogP contribution < -0.4 is 0 Å². The zero-order chi connectivity index (χ0) is 10.3. The lowest BCUT2D eigenvalue weighted by molar-refractivity contribution is 0.127. The molecule has 1 unspecified atom stereocenters. The molecule has 0 spiro atoms. The van der Waals surface area contributed by atoms with E-state index >= 15 is 0 Å². The van der Waals surface area contributed by atoms with Crippen LogP contribution in [-0.4, -0.2) is 14.7 Å². The summed E-state index contributed by atoms with van der Waals surface area (Å²) in [6.07, 6.45) is 5.89. The van der Waals surface area contributed by atoms with Crippen molar-refractivity contribution in [3.63, 3.8) is 0 Å². The lowest BCUT2D eigenvalue weighted by atomic mass is 10.1. The molecule has 0 amide bonds. The highest BCUT2D eigenvalue weighted by Crippen LogP contribution is 2.38. The molecule has 15 heavy (non-hydrogen) atoms. The molecule has 76 valence electrons. The standard InChI is InChI=1S/C12H12N2O/c15-12-10-4-2-1-3-9(10)7-11(12)14-6-5-13-8-14/h1-6,8,11-12,15H,7H2/t11-,12?/m0/s1. The van der Waals surface area contributed by atoms with Crippen LogP contribution in [0.1, 0.15) is 23.3 Å². The molecule has 2 aromatic rings. The number of aliphatic hydroxyl groups excluding tert-OH is 1. The van der Waals surface area contributed by atoms with Gasteiger partial charge in [-0.3, -0.25) is 0 Å². The minimum Gasteiger partial charge on any atom is -0.386 e. The molecule has 0 radical (unpaired) electrons. The van der Waals surface area contributed by atoms with E-state index in [4.69, 9.17) is 0 Å². The minimum atomic E-state index is -0.407. The first-order valence-corrected chi connectivity index (χ1v) is 5.09. The van der Waals surface area contributed by atoms with Gasteiger partial charge in [0.1, 0.15) is 6.10 Å². The molecule has 1 heterocycles. The van der Waals surface area contributed by atoms with Crippen molar-refractivity contribution in [2.45, 2.75) is 18.6 Å². The summed E-state index contributed by atoms with van der Waals surface area (Å²) >= 11 is 0. The maximum absolute atomic E-state index is 10.2. The number of hydrogen-bond acceptors (Lipinski definition) is 2. The van der Waals surface area contributed by atoms with Crippen LogP contribution >= 0.6 is 0 Å². The molecule has 0 bridgehead atoms. The molecular weight excluding hydrogens is 188 g/mol. The second-order valence-electron chi connectivity index (χ2n) is 3.93. The van der Waals surface area contributed by atoms with Gasteiger partial charge in [0.15, 0.2) is 0 Å². The molecule has 1 aromatic carbocycles. The molecule has 3 nitrogen and oxygen atoms in total. The Hall–Kier alpha value is -1.61. The van der Waals surface area contributed by atoms with Gasteiger partial charge in [-0.2, -0.15) is 0 Å². The van der Waals surface area contributed by atoms with Crippen molar-refractivity contribution in [3.05, 3.63) is 54.1 Å². The van der Waals surface area contributed by atoms with Gasteiger partial charge in [-0.15, -0.1) is 0 Å². The Morgan fingerprint density at radius 1 is 1.33 bits per heavy atom. The van der Waals surface area contributed by atoms with Gasteiger partial charge in [0.25, 0.3) is 0 Å². The molecule has 1 aliphatic rings. The lowest BCUT2D eigenvalue weighted by Crippen LogP contribution is -2.12. The van der Waals surface area contributed by atoms with E-state index in [1.54, 1.807) is 12.5 Å². The predicted octanol–water partition coefficient (Wildman–Crippen LogP) is 1.71. The monoisotopic (exact) mass is 200 g/mol. The summed E-state index contributed by atoms with van der Waals surface area (Å²) in [5, 5.41) is 10.2. The van der Waals surface area contributed by atoms with Crippen molar-refractivity contribution in [2.24, 2.45) is 0 Å². The lowest BCUT2D eigenvalue weighted by Gasteiger charge is -2.16. The fraction of sp³-hybridized carbons (Fsp3) is 0.250. The van der Waals surface area contributed by atoms with Gasteiger partial charge in [0.05, 0.1) is 12.4 Å². The van der Waals surface area contributed by atoms with Crippen LogP contribution in [0.4, 0.5) is 0 Å². The van der Waals surface area contributed by atoms with Crippen molar-refractivity contribution < 1.29 is 5.11 Å². The van der Waals surface area contributed by atoms with Gasteiger partial charge < -0.3 is 9.67 Å². The van der Waals surface area contributed by atoms with E-state index in [1.807, 2.05) is 29.0 Å². The highest BCUT2D eigenvalue weighted by Gasteiger charge is 2.31. The summed E-state index contributed by atoms with van der Waals surface area (Å²) in [5.41, 5.74) is 2.29. The average Bonchev–Trinajstić information content (AvgIpc) is 2.87. The number of nitrogens with zero attached hydrogens (tertiary/aromatic N) is 2. The molecule has 2 atom stereocenters. The zero-order valence-electron chi connectivity index (χ0n) is 8.24. The molecule has 1 N–H and O–H groups in total. The molecular formula is C12H12N2O. The molecule has 1 aliphatic carbocycles. The molecule has 0 fully saturated rings. The average molecular weight is 200 g/mol. The van der Waals surface area contributed by atoms with Crippen LogP contribution in [-0.2, 0) is 6.42 Å². The van der Waals surface area contributed by atoms with Gasteiger partial charge >= 0.3 is 0 Å². The molecule has 3 rings (SSSR count). The largest absolute Gasteiger partial charge is 0.386 e. The third-order valence-electron chi connectivity index (χ3n) is 3.08. The van der Waals surface area contributed by atoms with Crippen LogP contribution in [0.5, 0.6) is 0 Å². The number of benzene rings is 1. The van der Waals surface area contributed by atoms with Crippen LogP contribution in [0.3, 0.4) is 0 Å². The first kappa shape index (κ1) is 8.68.